The molecule has 1 amide bonds. The molecule has 1 aliphatic heterocycles. The molecule has 0 saturated carbocycles. The molecule has 5 nitrogen and oxygen atoms in total. The van der Waals surface area contributed by atoms with Gasteiger partial charge in [0.1, 0.15) is 11.6 Å². The smallest absolute Gasteiger partial charge is 0.235 e. The Balaban J connectivity index is 1.89. The van der Waals surface area contributed by atoms with Crippen molar-refractivity contribution >= 4 is 17.3 Å². The van der Waals surface area contributed by atoms with Crippen LogP contribution < -0.4 is 15.8 Å². The van der Waals surface area contributed by atoms with E-state index < -0.39 is 5.41 Å². The van der Waals surface area contributed by atoms with E-state index in [9.17, 15) is 9.18 Å². The summed E-state index contributed by atoms with van der Waals surface area (Å²) in [5.74, 6) is 0.0820. The van der Waals surface area contributed by atoms with Crippen LogP contribution in [0.2, 0.25) is 0 Å². The van der Waals surface area contributed by atoms with Crippen molar-refractivity contribution in [1.29, 1.82) is 0 Å². The highest BCUT2D eigenvalue weighted by Crippen LogP contribution is 2.36. The fourth-order valence-electron chi connectivity index (χ4n) is 3.20. The number of ether oxygens (including phenoxy) is 2. The molecule has 0 atom stereocenters. The minimum atomic E-state index is -0.749. The van der Waals surface area contributed by atoms with Gasteiger partial charge in [0.05, 0.1) is 18.2 Å². The first-order valence-electron chi connectivity index (χ1n) is 8.14. The number of methoxy groups -OCH3 is 1. The van der Waals surface area contributed by atoms with E-state index in [-0.39, 0.29) is 11.7 Å². The fourth-order valence-corrected chi connectivity index (χ4v) is 3.20. The summed E-state index contributed by atoms with van der Waals surface area (Å²) in [6.07, 6.45) is 1.08. The SMILES string of the molecule is COc1ccc(NC(=O)C2(c3ccc(F)cc3)CCOCC2)cc1N. The second-order valence-corrected chi connectivity index (χ2v) is 6.11. The first kappa shape index (κ1) is 17.2. The van der Waals surface area contributed by atoms with Crippen LogP contribution in [-0.2, 0) is 14.9 Å². The van der Waals surface area contributed by atoms with E-state index in [2.05, 4.69) is 5.32 Å². The van der Waals surface area contributed by atoms with Crippen LogP contribution in [0.3, 0.4) is 0 Å². The molecule has 25 heavy (non-hydrogen) atoms. The third-order valence-corrected chi connectivity index (χ3v) is 4.67. The number of halogens is 1. The first-order valence-corrected chi connectivity index (χ1v) is 8.14. The molecule has 0 unspecified atom stereocenters. The number of hydrogen-bond acceptors (Lipinski definition) is 4. The Morgan fingerprint density at radius 3 is 2.48 bits per heavy atom. The van der Waals surface area contributed by atoms with Gasteiger partial charge >= 0.3 is 0 Å². The highest BCUT2D eigenvalue weighted by atomic mass is 19.1. The van der Waals surface area contributed by atoms with Gasteiger partial charge in [-0.25, -0.2) is 4.39 Å². The summed E-state index contributed by atoms with van der Waals surface area (Å²) in [4.78, 5) is 13.1. The number of carbonyl (C=O) groups is 1. The average Bonchev–Trinajstić information content (AvgIpc) is 2.63. The van der Waals surface area contributed by atoms with Gasteiger partial charge in [0, 0.05) is 18.9 Å². The Hall–Kier alpha value is -2.60. The van der Waals surface area contributed by atoms with Gasteiger partial charge in [0.15, 0.2) is 0 Å². The summed E-state index contributed by atoms with van der Waals surface area (Å²) in [6.45, 7) is 0.963. The highest BCUT2D eigenvalue weighted by Gasteiger charge is 2.41. The summed E-state index contributed by atoms with van der Waals surface area (Å²) in [6, 6.07) is 11.2. The molecule has 1 heterocycles. The Morgan fingerprint density at radius 1 is 1.20 bits per heavy atom. The number of nitrogen functional groups attached to an aromatic ring is 1. The molecule has 0 radical (unpaired) electrons. The molecule has 0 aliphatic carbocycles. The van der Waals surface area contributed by atoms with Gasteiger partial charge < -0.3 is 20.5 Å². The van der Waals surface area contributed by atoms with E-state index in [1.54, 1.807) is 30.3 Å². The highest BCUT2D eigenvalue weighted by molar-refractivity contribution is 5.99. The van der Waals surface area contributed by atoms with Crippen molar-refractivity contribution in [2.45, 2.75) is 18.3 Å². The molecule has 3 N–H and O–H groups in total. The Bertz CT molecular complexity index is 756. The fraction of sp³-hybridized carbons (Fsp3) is 0.316. The van der Waals surface area contributed by atoms with Crippen LogP contribution in [0, 0.1) is 5.82 Å². The minimum Gasteiger partial charge on any atom is -0.495 e. The molecule has 1 fully saturated rings. The summed E-state index contributed by atoms with van der Waals surface area (Å²) in [7, 11) is 1.54. The first-order chi connectivity index (χ1) is 12.0. The van der Waals surface area contributed by atoms with Gasteiger partial charge in [-0.2, -0.15) is 0 Å². The lowest BCUT2D eigenvalue weighted by atomic mass is 9.73. The van der Waals surface area contributed by atoms with E-state index in [0.29, 0.717) is 43.2 Å². The summed E-state index contributed by atoms with van der Waals surface area (Å²) < 4.78 is 23.9. The molecular formula is C19H21FN2O3. The van der Waals surface area contributed by atoms with Crippen LogP contribution in [-0.4, -0.2) is 26.2 Å². The van der Waals surface area contributed by atoms with Crippen molar-refractivity contribution in [1.82, 2.24) is 0 Å². The zero-order chi connectivity index (χ0) is 17.9. The standard InChI is InChI=1S/C19H21FN2O3/c1-24-17-7-6-15(12-16(17)21)22-18(23)19(8-10-25-11-9-19)13-2-4-14(20)5-3-13/h2-7,12H,8-11,21H2,1H3,(H,22,23). The van der Waals surface area contributed by atoms with E-state index >= 15 is 0 Å². The largest absolute Gasteiger partial charge is 0.495 e. The Labute approximate surface area is 145 Å². The maximum Gasteiger partial charge on any atom is 0.235 e. The van der Waals surface area contributed by atoms with E-state index in [1.165, 1.54) is 19.2 Å². The molecule has 2 aromatic rings. The lowest BCUT2D eigenvalue weighted by Gasteiger charge is -2.36. The van der Waals surface area contributed by atoms with Crippen LogP contribution in [0.4, 0.5) is 15.8 Å². The van der Waals surface area contributed by atoms with Crippen molar-refractivity contribution in [2.24, 2.45) is 0 Å². The van der Waals surface area contributed by atoms with E-state index in [1.807, 2.05) is 0 Å². The maximum atomic E-state index is 13.3. The lowest BCUT2D eigenvalue weighted by Crippen LogP contribution is -2.44. The van der Waals surface area contributed by atoms with Crippen molar-refractivity contribution < 1.29 is 18.7 Å². The minimum absolute atomic E-state index is 0.146. The third-order valence-electron chi connectivity index (χ3n) is 4.67. The van der Waals surface area contributed by atoms with Crippen molar-refractivity contribution in [3.8, 4) is 5.75 Å². The summed E-state index contributed by atoms with van der Waals surface area (Å²) in [5, 5.41) is 2.93. The van der Waals surface area contributed by atoms with E-state index in [4.69, 9.17) is 15.2 Å². The van der Waals surface area contributed by atoms with Gasteiger partial charge in [-0.1, -0.05) is 12.1 Å². The third kappa shape index (κ3) is 3.44. The Kier molecular flexibility index (Phi) is 4.90. The van der Waals surface area contributed by atoms with Crippen molar-refractivity contribution in [3.05, 3.63) is 53.8 Å². The van der Waals surface area contributed by atoms with Gasteiger partial charge in [-0.15, -0.1) is 0 Å². The zero-order valence-electron chi connectivity index (χ0n) is 14.0. The Morgan fingerprint density at radius 2 is 1.88 bits per heavy atom. The molecule has 0 spiro atoms. The molecule has 1 aliphatic rings. The molecule has 2 aromatic carbocycles. The second kappa shape index (κ2) is 7.11. The van der Waals surface area contributed by atoms with Gasteiger partial charge in [-0.3, -0.25) is 4.79 Å². The maximum absolute atomic E-state index is 13.3. The lowest BCUT2D eigenvalue weighted by molar-refractivity contribution is -0.125. The zero-order valence-corrected chi connectivity index (χ0v) is 14.0. The van der Waals surface area contributed by atoms with Crippen molar-refractivity contribution in [2.75, 3.05) is 31.4 Å². The molecular weight excluding hydrogens is 323 g/mol. The van der Waals surface area contributed by atoms with Gasteiger partial charge in [0.2, 0.25) is 5.91 Å². The van der Waals surface area contributed by atoms with Crippen LogP contribution in [0.5, 0.6) is 5.75 Å². The van der Waals surface area contributed by atoms with Gasteiger partial charge in [0.25, 0.3) is 0 Å². The van der Waals surface area contributed by atoms with Gasteiger partial charge in [-0.05, 0) is 48.7 Å². The number of nitrogens with two attached hydrogens (primary N) is 1. The quantitative estimate of drug-likeness (QED) is 0.836. The molecule has 0 bridgehead atoms. The number of hydrogen-bond donors (Lipinski definition) is 2. The van der Waals surface area contributed by atoms with E-state index in [0.717, 1.165) is 5.56 Å². The van der Waals surface area contributed by atoms with Crippen LogP contribution in [0.1, 0.15) is 18.4 Å². The van der Waals surface area contributed by atoms with Crippen molar-refractivity contribution in [3.63, 3.8) is 0 Å². The average molecular weight is 344 g/mol. The number of anilines is 2. The predicted molar refractivity (Wildman–Crippen MR) is 94.2 cm³/mol. The number of nitrogens with one attached hydrogen (secondary N) is 1. The predicted octanol–water partition coefficient (Wildman–Crippen LogP) is 3.10. The van der Waals surface area contributed by atoms with Crippen LogP contribution in [0.25, 0.3) is 0 Å². The topological polar surface area (TPSA) is 73.6 Å². The summed E-state index contributed by atoms with van der Waals surface area (Å²) in [5.41, 5.74) is 6.99. The number of benzene rings is 2. The monoisotopic (exact) mass is 344 g/mol. The van der Waals surface area contributed by atoms with Crippen LogP contribution >= 0.6 is 0 Å². The van der Waals surface area contributed by atoms with Crippen LogP contribution in [0.15, 0.2) is 42.5 Å². The normalized spacial score (nSPS) is 16.2. The molecule has 6 heteroatoms. The molecule has 1 saturated heterocycles. The molecule has 132 valence electrons. The second-order valence-electron chi connectivity index (χ2n) is 6.11. The molecule has 0 aromatic heterocycles. The molecule has 3 rings (SSSR count). The summed E-state index contributed by atoms with van der Waals surface area (Å²) >= 11 is 0. The number of amides is 1. The number of carbonyl (C=O) groups excluding carboxylic acids is 1. The number of rotatable bonds is 4.